The molecule has 2 fully saturated rings. The summed E-state index contributed by atoms with van der Waals surface area (Å²) in [5.74, 6) is 0.541. The highest BCUT2D eigenvalue weighted by molar-refractivity contribution is 7.99. The van der Waals surface area contributed by atoms with Crippen molar-refractivity contribution in [3.63, 3.8) is 0 Å². The Labute approximate surface area is 192 Å². The number of ether oxygens (including phenoxy) is 1. The zero-order valence-electron chi connectivity index (χ0n) is 18.2. The second kappa shape index (κ2) is 10.2. The molecule has 2 aromatic carbocycles. The van der Waals surface area contributed by atoms with Crippen molar-refractivity contribution in [3.8, 4) is 0 Å². The average Bonchev–Trinajstić information content (AvgIpc) is 3.37. The molecule has 2 amide bonds. The van der Waals surface area contributed by atoms with E-state index >= 15 is 0 Å². The van der Waals surface area contributed by atoms with Crippen molar-refractivity contribution in [2.24, 2.45) is 0 Å². The van der Waals surface area contributed by atoms with Gasteiger partial charge in [-0.15, -0.1) is 11.8 Å². The molecule has 0 saturated carbocycles. The summed E-state index contributed by atoms with van der Waals surface area (Å²) in [5, 5.41) is -0.0795. The molecule has 0 radical (unpaired) electrons. The van der Waals surface area contributed by atoms with Gasteiger partial charge in [-0.3, -0.25) is 9.59 Å². The monoisotopic (exact) mass is 452 g/mol. The Balaban J connectivity index is 1.53. The third kappa shape index (κ3) is 4.67. The fraction of sp³-hybridized carbons (Fsp3) is 0.400. The minimum atomic E-state index is -0.470. The highest BCUT2D eigenvalue weighted by Crippen LogP contribution is 2.47. The Bertz CT molecular complexity index is 953. The van der Waals surface area contributed by atoms with Crippen LogP contribution in [0.25, 0.3) is 0 Å². The largest absolute Gasteiger partial charge is 0.469 e. The van der Waals surface area contributed by atoms with Crippen LogP contribution in [0.1, 0.15) is 42.2 Å². The predicted octanol–water partition coefficient (Wildman–Crippen LogP) is 4.41. The van der Waals surface area contributed by atoms with Crippen LogP contribution >= 0.6 is 11.8 Å². The first-order valence-electron chi connectivity index (χ1n) is 11.0. The van der Waals surface area contributed by atoms with Gasteiger partial charge < -0.3 is 14.5 Å². The van der Waals surface area contributed by atoms with Gasteiger partial charge >= 0.3 is 12.0 Å². The SMILES string of the molecule is COC(=O)CCCCC(=O)C1[C@@H]2CS[C@@H](c3ccccc3)N2C(=O)N1Cc1ccccc1. The number of ketones is 1. The molecule has 7 heteroatoms. The summed E-state index contributed by atoms with van der Waals surface area (Å²) >= 11 is 1.72. The summed E-state index contributed by atoms with van der Waals surface area (Å²) in [6, 6.07) is 19.1. The molecule has 2 aromatic rings. The van der Waals surface area contributed by atoms with Crippen molar-refractivity contribution in [2.75, 3.05) is 12.9 Å². The van der Waals surface area contributed by atoms with Crippen molar-refractivity contribution < 1.29 is 19.1 Å². The summed E-state index contributed by atoms with van der Waals surface area (Å²) in [4.78, 5) is 41.9. The van der Waals surface area contributed by atoms with Gasteiger partial charge in [0, 0.05) is 25.1 Å². The standard InChI is InChI=1S/C25H28N2O4S/c1-31-22(29)15-9-8-14-21(28)23-20-17-32-24(19-12-6-3-7-13-19)27(20)25(30)26(23)16-18-10-4-2-5-11-18/h2-7,10-13,20,23-24H,8-9,14-17H2,1H3/t20-,23?,24-/m0/s1. The van der Waals surface area contributed by atoms with Gasteiger partial charge in [0.25, 0.3) is 0 Å². The number of unbranched alkanes of at least 4 members (excludes halogenated alkanes) is 1. The topological polar surface area (TPSA) is 66.9 Å². The molecular weight excluding hydrogens is 424 g/mol. The van der Waals surface area contributed by atoms with Gasteiger partial charge in [-0.2, -0.15) is 0 Å². The molecule has 6 nitrogen and oxygen atoms in total. The first-order chi connectivity index (χ1) is 15.6. The molecule has 2 aliphatic rings. The van der Waals surface area contributed by atoms with Crippen molar-refractivity contribution >= 4 is 29.5 Å². The van der Waals surface area contributed by atoms with Gasteiger partial charge in [0.05, 0.1) is 13.2 Å². The van der Waals surface area contributed by atoms with Crippen LogP contribution in [-0.4, -0.2) is 52.5 Å². The summed E-state index contributed by atoms with van der Waals surface area (Å²) in [5.41, 5.74) is 2.09. The van der Waals surface area contributed by atoms with E-state index < -0.39 is 6.04 Å². The van der Waals surface area contributed by atoms with Crippen LogP contribution < -0.4 is 0 Å². The molecule has 0 aliphatic carbocycles. The molecule has 32 heavy (non-hydrogen) atoms. The lowest BCUT2D eigenvalue weighted by Crippen LogP contribution is -2.43. The normalized spacial score (nSPS) is 22.2. The lowest BCUT2D eigenvalue weighted by atomic mass is 9.99. The zero-order valence-corrected chi connectivity index (χ0v) is 19.0. The van der Waals surface area contributed by atoms with Crippen LogP contribution in [0.3, 0.4) is 0 Å². The number of carbonyl (C=O) groups excluding carboxylic acids is 3. The van der Waals surface area contributed by atoms with Crippen molar-refractivity contribution in [1.82, 2.24) is 9.80 Å². The number of carbonyl (C=O) groups is 3. The van der Waals surface area contributed by atoms with E-state index in [2.05, 4.69) is 4.74 Å². The van der Waals surface area contributed by atoms with E-state index in [0.717, 1.165) is 16.9 Å². The molecule has 0 spiro atoms. The molecule has 0 bridgehead atoms. The van der Waals surface area contributed by atoms with Gasteiger partial charge in [0.15, 0.2) is 5.78 Å². The van der Waals surface area contributed by atoms with Crippen LogP contribution in [-0.2, 0) is 20.9 Å². The lowest BCUT2D eigenvalue weighted by molar-refractivity contribution is -0.140. The van der Waals surface area contributed by atoms with Crippen LogP contribution in [0.2, 0.25) is 0 Å². The van der Waals surface area contributed by atoms with Gasteiger partial charge in [-0.1, -0.05) is 60.7 Å². The average molecular weight is 453 g/mol. The second-order valence-electron chi connectivity index (χ2n) is 8.16. The van der Waals surface area contributed by atoms with E-state index in [1.807, 2.05) is 65.6 Å². The van der Waals surface area contributed by atoms with Crippen LogP contribution in [0, 0.1) is 0 Å². The van der Waals surface area contributed by atoms with Crippen LogP contribution in [0.5, 0.6) is 0 Å². The maximum Gasteiger partial charge on any atom is 0.322 e. The van der Waals surface area contributed by atoms with E-state index in [0.29, 0.717) is 32.2 Å². The third-order valence-corrected chi connectivity index (χ3v) is 7.44. The summed E-state index contributed by atoms with van der Waals surface area (Å²) in [7, 11) is 1.37. The highest BCUT2D eigenvalue weighted by Gasteiger charge is 2.54. The third-order valence-electron chi connectivity index (χ3n) is 6.09. The maximum absolute atomic E-state index is 13.6. The molecule has 1 unspecified atom stereocenters. The highest BCUT2D eigenvalue weighted by atomic mass is 32.2. The Kier molecular flexibility index (Phi) is 7.15. The van der Waals surface area contributed by atoms with E-state index in [-0.39, 0.29) is 29.2 Å². The second-order valence-corrected chi connectivity index (χ2v) is 9.27. The molecule has 0 aromatic heterocycles. The lowest BCUT2D eigenvalue weighted by Gasteiger charge is -2.25. The minimum absolute atomic E-state index is 0.0703. The molecule has 168 valence electrons. The molecule has 4 rings (SSSR count). The number of amides is 2. The summed E-state index contributed by atoms with van der Waals surface area (Å²) in [6.45, 7) is 0.414. The number of thioether (sulfide) groups is 1. The fourth-order valence-corrected chi connectivity index (χ4v) is 5.99. The number of hydrogen-bond donors (Lipinski definition) is 0. The van der Waals surface area contributed by atoms with Crippen molar-refractivity contribution in [2.45, 2.75) is 49.7 Å². The summed E-state index contributed by atoms with van der Waals surface area (Å²) in [6.07, 6.45) is 1.88. The maximum atomic E-state index is 13.6. The van der Waals surface area contributed by atoms with Gasteiger partial charge in [-0.05, 0) is 24.0 Å². The van der Waals surface area contributed by atoms with Crippen molar-refractivity contribution in [3.05, 3.63) is 71.8 Å². The summed E-state index contributed by atoms with van der Waals surface area (Å²) < 4.78 is 4.68. The molecule has 2 heterocycles. The first kappa shape index (κ1) is 22.4. The van der Waals surface area contributed by atoms with E-state index in [9.17, 15) is 14.4 Å². The number of rotatable bonds is 9. The molecule has 2 aliphatic heterocycles. The predicted molar refractivity (Wildman–Crippen MR) is 124 cm³/mol. The van der Waals surface area contributed by atoms with Crippen molar-refractivity contribution in [1.29, 1.82) is 0 Å². The van der Waals surface area contributed by atoms with Gasteiger partial charge in [0.2, 0.25) is 0 Å². The van der Waals surface area contributed by atoms with E-state index in [1.54, 1.807) is 16.7 Å². The Hall–Kier alpha value is -2.80. The fourth-order valence-electron chi connectivity index (χ4n) is 4.51. The van der Waals surface area contributed by atoms with E-state index in [1.165, 1.54) is 7.11 Å². The number of Topliss-reactive ketones (excluding diaryl/α,β-unsaturated/α-hetero) is 1. The molecule has 0 N–H and O–H groups in total. The number of methoxy groups -OCH3 is 1. The first-order valence-corrected chi connectivity index (χ1v) is 12.0. The Morgan fingerprint density at radius 2 is 1.66 bits per heavy atom. The Morgan fingerprint density at radius 3 is 2.34 bits per heavy atom. The zero-order chi connectivity index (χ0) is 22.5. The van der Waals surface area contributed by atoms with Gasteiger partial charge in [0.1, 0.15) is 11.4 Å². The number of hydrogen-bond acceptors (Lipinski definition) is 5. The number of benzene rings is 2. The molecular formula is C25H28N2O4S. The molecule has 3 atom stereocenters. The van der Waals surface area contributed by atoms with Crippen LogP contribution in [0.4, 0.5) is 4.79 Å². The van der Waals surface area contributed by atoms with Gasteiger partial charge in [-0.25, -0.2) is 4.79 Å². The number of nitrogens with zero attached hydrogens (tertiary/aromatic N) is 2. The smallest absolute Gasteiger partial charge is 0.322 e. The minimum Gasteiger partial charge on any atom is -0.469 e. The van der Waals surface area contributed by atoms with Crippen LogP contribution in [0.15, 0.2) is 60.7 Å². The number of esters is 1. The molecule has 2 saturated heterocycles. The number of fused-ring (bicyclic) bond motifs is 1. The quantitative estimate of drug-likeness (QED) is 0.416. The Morgan fingerprint density at radius 1 is 1.00 bits per heavy atom. The van der Waals surface area contributed by atoms with E-state index in [4.69, 9.17) is 0 Å². The number of urea groups is 1.